The third-order valence-electron chi connectivity index (χ3n) is 5.14. The Morgan fingerprint density at radius 2 is 1.92 bits per heavy atom. The quantitative estimate of drug-likeness (QED) is 0.162. The summed E-state index contributed by atoms with van der Waals surface area (Å²) in [7, 11) is 1.59. The van der Waals surface area contributed by atoms with Gasteiger partial charge in [0.1, 0.15) is 18.2 Å². The van der Waals surface area contributed by atoms with E-state index >= 15 is 0 Å². The minimum atomic E-state index is 0.314. The highest BCUT2D eigenvalue weighted by atomic mass is 79.9. The number of aryl methyl sites for hydroxylation is 1. The van der Waals surface area contributed by atoms with E-state index in [1.807, 2.05) is 62.4 Å². The van der Waals surface area contributed by atoms with Gasteiger partial charge >= 0.3 is 0 Å². The highest BCUT2D eigenvalue weighted by molar-refractivity contribution is 9.10. The molecule has 0 spiro atoms. The van der Waals surface area contributed by atoms with Crippen molar-refractivity contribution in [1.82, 2.24) is 4.98 Å². The van der Waals surface area contributed by atoms with E-state index in [0.717, 1.165) is 32.4 Å². The third kappa shape index (κ3) is 7.17. The van der Waals surface area contributed by atoms with Crippen molar-refractivity contribution in [2.24, 2.45) is 5.10 Å². The number of ether oxygens (including phenoxy) is 3. The van der Waals surface area contributed by atoms with Crippen LogP contribution < -0.4 is 14.9 Å². The first-order chi connectivity index (χ1) is 17.5. The molecule has 0 radical (unpaired) electrons. The molecule has 7 nitrogen and oxygen atoms in total. The molecule has 0 amide bonds. The second-order valence-corrected chi connectivity index (χ2v) is 8.83. The van der Waals surface area contributed by atoms with Crippen LogP contribution in [-0.4, -0.2) is 24.9 Å². The van der Waals surface area contributed by atoms with Gasteiger partial charge in [-0.1, -0.05) is 34.1 Å². The van der Waals surface area contributed by atoms with Crippen LogP contribution in [0.3, 0.4) is 0 Å². The first-order valence-corrected chi connectivity index (χ1v) is 12.2. The number of hydrogen-bond donors (Lipinski definition) is 1. The normalized spacial score (nSPS) is 10.8. The number of nitrogens with one attached hydrogen (secondary N) is 1. The summed E-state index contributed by atoms with van der Waals surface area (Å²) in [5.74, 6) is 1.69. The van der Waals surface area contributed by atoms with Crippen molar-refractivity contribution in [3.8, 4) is 17.6 Å². The summed E-state index contributed by atoms with van der Waals surface area (Å²) in [6.07, 6.45) is 4.09. The molecule has 1 heterocycles. The molecule has 0 aliphatic rings. The van der Waals surface area contributed by atoms with Gasteiger partial charge in [0, 0.05) is 28.4 Å². The van der Waals surface area contributed by atoms with E-state index in [2.05, 4.69) is 44.1 Å². The van der Waals surface area contributed by atoms with E-state index in [-0.39, 0.29) is 0 Å². The summed E-state index contributed by atoms with van der Waals surface area (Å²) >= 11 is 3.46. The van der Waals surface area contributed by atoms with Crippen LogP contribution in [0.4, 0.5) is 5.82 Å². The molecule has 0 atom stereocenters. The van der Waals surface area contributed by atoms with Crippen LogP contribution in [0.2, 0.25) is 0 Å². The number of hydrogen-bond acceptors (Lipinski definition) is 7. The molecule has 3 rings (SSSR count). The monoisotopic (exact) mass is 548 g/mol. The number of hydrazone groups is 1. The first-order valence-electron chi connectivity index (χ1n) is 11.5. The van der Waals surface area contributed by atoms with E-state index in [9.17, 15) is 5.26 Å². The van der Waals surface area contributed by atoms with Crippen LogP contribution in [0.15, 0.2) is 64.7 Å². The molecule has 0 saturated carbocycles. The second kappa shape index (κ2) is 13.4. The molecular weight excluding hydrogens is 520 g/mol. The van der Waals surface area contributed by atoms with Crippen LogP contribution in [-0.2, 0) is 24.4 Å². The maximum Gasteiger partial charge on any atom is 0.165 e. The lowest BCUT2D eigenvalue weighted by Crippen LogP contribution is -2.05. The van der Waals surface area contributed by atoms with Gasteiger partial charge in [0.2, 0.25) is 0 Å². The Hall–Kier alpha value is -3.67. The summed E-state index contributed by atoms with van der Waals surface area (Å²) in [5, 5.41) is 14.0. The van der Waals surface area contributed by atoms with E-state index in [1.54, 1.807) is 13.3 Å². The highest BCUT2D eigenvalue weighted by Crippen LogP contribution is 2.34. The minimum Gasteiger partial charge on any atom is -0.490 e. The Balaban J connectivity index is 1.88. The number of pyridine rings is 1. The third-order valence-corrected chi connectivity index (χ3v) is 5.67. The number of benzene rings is 2. The average molecular weight is 549 g/mol. The SMILES string of the molecule is C=CCc1cc(/C=N/Nc2nc(C)cc(COC)c2C#N)cc(OCC)c1OCc1ccc(Br)cc1. The van der Waals surface area contributed by atoms with Gasteiger partial charge in [-0.25, -0.2) is 4.98 Å². The average Bonchev–Trinajstić information content (AvgIpc) is 2.85. The topological polar surface area (TPSA) is 88.8 Å². The van der Waals surface area contributed by atoms with Crippen LogP contribution in [0.25, 0.3) is 0 Å². The number of allylic oxidation sites excluding steroid dienone is 1. The van der Waals surface area contributed by atoms with Crippen molar-refractivity contribution in [1.29, 1.82) is 5.26 Å². The van der Waals surface area contributed by atoms with Crippen molar-refractivity contribution in [2.75, 3.05) is 19.1 Å². The number of methoxy groups -OCH3 is 1. The van der Waals surface area contributed by atoms with E-state index in [0.29, 0.717) is 49.1 Å². The number of nitriles is 1. The fourth-order valence-corrected chi connectivity index (χ4v) is 3.88. The molecule has 0 unspecified atom stereocenters. The number of rotatable bonds is 12. The maximum atomic E-state index is 9.62. The van der Waals surface area contributed by atoms with E-state index < -0.39 is 0 Å². The molecule has 1 N–H and O–H groups in total. The number of nitrogens with zero attached hydrogens (tertiary/aromatic N) is 3. The van der Waals surface area contributed by atoms with Gasteiger partial charge in [-0.05, 0) is 61.7 Å². The molecule has 3 aromatic rings. The molecular formula is C28H29BrN4O3. The Labute approximate surface area is 220 Å². The van der Waals surface area contributed by atoms with Crippen molar-refractivity contribution in [3.05, 3.63) is 93.1 Å². The molecule has 0 aliphatic carbocycles. The second-order valence-electron chi connectivity index (χ2n) is 7.91. The standard InChI is InChI=1S/C28H29BrN4O3/c1-5-7-22-13-21(16-31-33-28-25(15-30)23(18-34-4)12-19(3)32-28)14-26(35-6-2)27(22)36-17-20-8-10-24(29)11-9-20/h5,8-14,16H,1,6-7,17-18H2,2-4H3,(H,32,33)/b31-16+. The highest BCUT2D eigenvalue weighted by Gasteiger charge is 2.14. The Kier molecular flexibility index (Phi) is 10.0. The van der Waals surface area contributed by atoms with Gasteiger partial charge in [0.15, 0.2) is 17.3 Å². The van der Waals surface area contributed by atoms with Crippen molar-refractivity contribution in [2.45, 2.75) is 33.5 Å². The molecule has 0 saturated heterocycles. The van der Waals surface area contributed by atoms with Crippen LogP contribution in [0, 0.1) is 18.3 Å². The van der Waals surface area contributed by atoms with Crippen molar-refractivity contribution in [3.63, 3.8) is 0 Å². The maximum absolute atomic E-state index is 9.62. The zero-order valence-corrected chi connectivity index (χ0v) is 22.3. The Morgan fingerprint density at radius 1 is 1.14 bits per heavy atom. The molecule has 186 valence electrons. The van der Waals surface area contributed by atoms with Gasteiger partial charge in [-0.15, -0.1) is 6.58 Å². The van der Waals surface area contributed by atoms with Gasteiger partial charge in [0.25, 0.3) is 0 Å². The molecule has 0 bridgehead atoms. The van der Waals surface area contributed by atoms with Crippen LogP contribution in [0.5, 0.6) is 11.5 Å². The largest absolute Gasteiger partial charge is 0.490 e. The smallest absolute Gasteiger partial charge is 0.165 e. The van der Waals surface area contributed by atoms with Gasteiger partial charge in [-0.3, -0.25) is 5.43 Å². The van der Waals surface area contributed by atoms with Crippen molar-refractivity contribution < 1.29 is 14.2 Å². The predicted molar refractivity (Wildman–Crippen MR) is 146 cm³/mol. The fraction of sp³-hybridized carbons (Fsp3) is 0.250. The summed E-state index contributed by atoms with van der Waals surface area (Å²) in [5.41, 5.74) is 7.61. The van der Waals surface area contributed by atoms with E-state index in [1.165, 1.54) is 0 Å². The molecule has 0 aliphatic heterocycles. The van der Waals surface area contributed by atoms with Gasteiger partial charge < -0.3 is 14.2 Å². The zero-order chi connectivity index (χ0) is 25.9. The number of halogens is 1. The van der Waals surface area contributed by atoms with Gasteiger partial charge in [0.05, 0.1) is 19.4 Å². The molecule has 36 heavy (non-hydrogen) atoms. The first kappa shape index (κ1) is 26.9. The van der Waals surface area contributed by atoms with E-state index in [4.69, 9.17) is 14.2 Å². The van der Waals surface area contributed by atoms with Crippen LogP contribution in [0.1, 0.15) is 40.4 Å². The summed E-state index contributed by atoms with van der Waals surface area (Å²) in [6, 6.07) is 15.9. The summed E-state index contributed by atoms with van der Waals surface area (Å²) in [4.78, 5) is 4.42. The number of anilines is 1. The minimum absolute atomic E-state index is 0.314. The molecule has 8 heteroatoms. The van der Waals surface area contributed by atoms with Crippen LogP contribution >= 0.6 is 15.9 Å². The molecule has 1 aromatic heterocycles. The lowest BCUT2D eigenvalue weighted by Gasteiger charge is -2.17. The summed E-state index contributed by atoms with van der Waals surface area (Å²) in [6.45, 7) is 8.89. The lowest BCUT2D eigenvalue weighted by molar-refractivity contribution is 0.184. The van der Waals surface area contributed by atoms with Gasteiger partial charge in [-0.2, -0.15) is 10.4 Å². The molecule has 2 aromatic carbocycles. The number of aromatic nitrogens is 1. The zero-order valence-electron chi connectivity index (χ0n) is 20.7. The Bertz CT molecular complexity index is 1270. The molecule has 0 fully saturated rings. The fourth-order valence-electron chi connectivity index (χ4n) is 3.61. The lowest BCUT2D eigenvalue weighted by atomic mass is 10.1. The summed E-state index contributed by atoms with van der Waals surface area (Å²) < 4.78 is 18.3. The van der Waals surface area contributed by atoms with Crippen molar-refractivity contribution >= 4 is 28.0 Å². The predicted octanol–water partition coefficient (Wildman–Crippen LogP) is 6.32. The Morgan fingerprint density at radius 3 is 2.58 bits per heavy atom.